The quantitative estimate of drug-likeness (QED) is 0.699. The number of hydrogen-bond donors (Lipinski definition) is 1. The standard InChI is InChI=1S/C9H8BrClO/c10-8-4-5-3-6(11)1-2-7(5)9(8)12/h1-3,8-9,12H,4H2/t8-,9+/m1/s1. The number of hydrogen-bond acceptors (Lipinski definition) is 1. The second kappa shape index (κ2) is 3.02. The number of alkyl halides is 1. The lowest BCUT2D eigenvalue weighted by atomic mass is 10.1. The highest BCUT2D eigenvalue weighted by molar-refractivity contribution is 9.09. The van der Waals surface area contributed by atoms with Crippen LogP contribution < -0.4 is 0 Å². The largest absolute Gasteiger partial charge is 0.387 e. The highest BCUT2D eigenvalue weighted by Gasteiger charge is 2.28. The molecular formula is C9H8BrClO. The molecule has 1 nitrogen and oxygen atoms in total. The van der Waals surface area contributed by atoms with E-state index in [1.54, 1.807) is 0 Å². The lowest BCUT2D eigenvalue weighted by Gasteiger charge is -2.06. The maximum absolute atomic E-state index is 9.65. The predicted molar refractivity (Wildman–Crippen MR) is 52.8 cm³/mol. The topological polar surface area (TPSA) is 20.2 Å². The van der Waals surface area contributed by atoms with Gasteiger partial charge in [0.1, 0.15) is 0 Å². The molecule has 2 atom stereocenters. The van der Waals surface area contributed by atoms with Crippen molar-refractivity contribution < 1.29 is 5.11 Å². The van der Waals surface area contributed by atoms with Gasteiger partial charge in [-0.1, -0.05) is 33.6 Å². The van der Waals surface area contributed by atoms with Crippen molar-refractivity contribution in [2.75, 3.05) is 0 Å². The van der Waals surface area contributed by atoms with E-state index in [1.807, 2.05) is 18.2 Å². The predicted octanol–water partition coefficient (Wildman–Crippen LogP) is 2.69. The molecule has 1 aliphatic carbocycles. The molecule has 2 rings (SSSR count). The van der Waals surface area contributed by atoms with Crippen LogP contribution >= 0.6 is 27.5 Å². The van der Waals surface area contributed by atoms with E-state index in [1.165, 1.54) is 0 Å². The fourth-order valence-electron chi connectivity index (χ4n) is 1.56. The molecule has 1 aromatic carbocycles. The molecule has 1 aromatic rings. The SMILES string of the molecule is O[C@H]1c2ccc(Cl)cc2C[C@H]1Br. The molecule has 0 fully saturated rings. The molecule has 0 spiro atoms. The number of rotatable bonds is 0. The van der Waals surface area contributed by atoms with Gasteiger partial charge in [0.25, 0.3) is 0 Å². The molecule has 12 heavy (non-hydrogen) atoms. The zero-order chi connectivity index (χ0) is 8.72. The molecule has 0 bridgehead atoms. The minimum absolute atomic E-state index is 0.144. The average molecular weight is 248 g/mol. The first-order chi connectivity index (χ1) is 5.68. The Morgan fingerprint density at radius 1 is 1.50 bits per heavy atom. The Hall–Kier alpha value is -0.0500. The molecule has 1 N–H and O–H groups in total. The van der Waals surface area contributed by atoms with E-state index < -0.39 is 0 Å². The first kappa shape index (κ1) is 8.54. The molecule has 0 radical (unpaired) electrons. The third-order valence-electron chi connectivity index (χ3n) is 2.18. The third-order valence-corrected chi connectivity index (χ3v) is 3.24. The van der Waals surface area contributed by atoms with Crippen LogP contribution in [0.2, 0.25) is 5.02 Å². The zero-order valence-corrected chi connectivity index (χ0v) is 8.64. The minimum atomic E-state index is -0.378. The molecule has 0 aliphatic heterocycles. The fraction of sp³-hybridized carbons (Fsp3) is 0.333. The van der Waals surface area contributed by atoms with Crippen LogP contribution in [-0.4, -0.2) is 9.93 Å². The van der Waals surface area contributed by atoms with Crippen molar-refractivity contribution in [1.82, 2.24) is 0 Å². The van der Waals surface area contributed by atoms with E-state index in [9.17, 15) is 5.11 Å². The van der Waals surface area contributed by atoms with Crippen LogP contribution in [-0.2, 0) is 6.42 Å². The second-order valence-corrected chi connectivity index (χ2v) is 4.62. The molecule has 0 aromatic heterocycles. The summed E-state index contributed by atoms with van der Waals surface area (Å²) >= 11 is 9.24. The highest BCUT2D eigenvalue weighted by atomic mass is 79.9. The van der Waals surface area contributed by atoms with Crippen molar-refractivity contribution in [2.45, 2.75) is 17.4 Å². The summed E-state index contributed by atoms with van der Waals surface area (Å²) in [5, 5.41) is 10.4. The van der Waals surface area contributed by atoms with E-state index in [0.717, 1.165) is 22.6 Å². The summed E-state index contributed by atoms with van der Waals surface area (Å²) < 4.78 is 0. The number of aliphatic hydroxyl groups is 1. The van der Waals surface area contributed by atoms with Gasteiger partial charge in [0.05, 0.1) is 6.10 Å². The molecule has 3 heteroatoms. The van der Waals surface area contributed by atoms with Gasteiger partial charge in [0.2, 0.25) is 0 Å². The first-order valence-electron chi connectivity index (χ1n) is 3.79. The highest BCUT2D eigenvalue weighted by Crippen LogP contribution is 2.36. The first-order valence-corrected chi connectivity index (χ1v) is 5.08. The monoisotopic (exact) mass is 246 g/mol. The van der Waals surface area contributed by atoms with Crippen molar-refractivity contribution >= 4 is 27.5 Å². The number of benzene rings is 1. The van der Waals surface area contributed by atoms with Crippen molar-refractivity contribution in [2.24, 2.45) is 0 Å². The lowest BCUT2D eigenvalue weighted by molar-refractivity contribution is 0.187. The van der Waals surface area contributed by atoms with Gasteiger partial charge >= 0.3 is 0 Å². The lowest BCUT2D eigenvalue weighted by Crippen LogP contribution is -2.03. The summed E-state index contributed by atoms with van der Waals surface area (Å²) in [6.07, 6.45) is 0.481. The Morgan fingerprint density at radius 3 is 3.00 bits per heavy atom. The molecule has 0 saturated carbocycles. The van der Waals surface area contributed by atoms with Gasteiger partial charge in [-0.05, 0) is 29.7 Å². The summed E-state index contributed by atoms with van der Waals surface area (Å²) in [7, 11) is 0. The van der Waals surface area contributed by atoms with Gasteiger partial charge in [-0.2, -0.15) is 0 Å². The van der Waals surface area contributed by atoms with E-state index in [-0.39, 0.29) is 10.9 Å². The molecule has 64 valence electrons. The zero-order valence-electron chi connectivity index (χ0n) is 6.30. The van der Waals surface area contributed by atoms with Gasteiger partial charge in [-0.15, -0.1) is 0 Å². The van der Waals surface area contributed by atoms with E-state index in [0.29, 0.717) is 0 Å². The van der Waals surface area contributed by atoms with Crippen LogP contribution in [0.25, 0.3) is 0 Å². The van der Waals surface area contributed by atoms with E-state index >= 15 is 0 Å². The van der Waals surface area contributed by atoms with E-state index in [4.69, 9.17) is 11.6 Å². The van der Waals surface area contributed by atoms with Crippen LogP contribution in [0.5, 0.6) is 0 Å². The van der Waals surface area contributed by atoms with Gasteiger partial charge in [-0.25, -0.2) is 0 Å². The van der Waals surface area contributed by atoms with Crippen molar-refractivity contribution in [1.29, 1.82) is 0 Å². The van der Waals surface area contributed by atoms with Crippen LogP contribution in [0.15, 0.2) is 18.2 Å². The van der Waals surface area contributed by atoms with Crippen molar-refractivity contribution in [3.63, 3.8) is 0 Å². The molecule has 1 aliphatic rings. The Balaban J connectivity index is 2.47. The van der Waals surface area contributed by atoms with Gasteiger partial charge in [0.15, 0.2) is 0 Å². The molecule has 0 amide bonds. The molecule has 0 unspecified atom stereocenters. The molecular weight excluding hydrogens is 239 g/mol. The average Bonchev–Trinajstić information content (AvgIpc) is 2.28. The van der Waals surface area contributed by atoms with Crippen LogP contribution in [0.4, 0.5) is 0 Å². The van der Waals surface area contributed by atoms with Crippen LogP contribution in [0.3, 0.4) is 0 Å². The Labute approximate surface area is 84.5 Å². The summed E-state index contributed by atoms with van der Waals surface area (Å²) in [4.78, 5) is 0.144. The van der Waals surface area contributed by atoms with Crippen molar-refractivity contribution in [3.8, 4) is 0 Å². The van der Waals surface area contributed by atoms with Crippen LogP contribution in [0, 0.1) is 0 Å². The minimum Gasteiger partial charge on any atom is -0.387 e. The Kier molecular flexibility index (Phi) is 2.15. The number of aliphatic hydroxyl groups excluding tert-OH is 1. The maximum atomic E-state index is 9.65. The third kappa shape index (κ3) is 1.28. The Morgan fingerprint density at radius 2 is 2.25 bits per heavy atom. The molecule has 0 saturated heterocycles. The second-order valence-electron chi connectivity index (χ2n) is 3.01. The van der Waals surface area contributed by atoms with Crippen molar-refractivity contribution in [3.05, 3.63) is 34.3 Å². The summed E-state index contributed by atoms with van der Waals surface area (Å²) in [5.74, 6) is 0. The van der Waals surface area contributed by atoms with Gasteiger partial charge in [0, 0.05) is 9.85 Å². The van der Waals surface area contributed by atoms with E-state index in [2.05, 4.69) is 15.9 Å². The Bertz CT molecular complexity index is 313. The van der Waals surface area contributed by atoms with Crippen LogP contribution in [0.1, 0.15) is 17.2 Å². The summed E-state index contributed by atoms with van der Waals surface area (Å²) in [5.41, 5.74) is 2.15. The van der Waals surface area contributed by atoms with Gasteiger partial charge in [-0.3, -0.25) is 0 Å². The maximum Gasteiger partial charge on any atom is 0.0920 e. The summed E-state index contributed by atoms with van der Waals surface area (Å²) in [6.45, 7) is 0. The fourth-order valence-corrected chi connectivity index (χ4v) is 2.38. The number of halogens is 2. The van der Waals surface area contributed by atoms with Gasteiger partial charge < -0.3 is 5.11 Å². The smallest absolute Gasteiger partial charge is 0.0920 e. The number of fused-ring (bicyclic) bond motifs is 1. The summed E-state index contributed by atoms with van der Waals surface area (Å²) in [6, 6.07) is 5.62. The normalized spacial score (nSPS) is 27.2. The molecule has 0 heterocycles.